The summed E-state index contributed by atoms with van der Waals surface area (Å²) in [6.07, 6.45) is -0.122. The first-order valence-electron chi connectivity index (χ1n) is 6.71. The third-order valence-corrected chi connectivity index (χ3v) is 3.18. The van der Waals surface area contributed by atoms with Crippen molar-refractivity contribution in [2.75, 3.05) is 17.2 Å². The van der Waals surface area contributed by atoms with E-state index in [1.165, 1.54) is 0 Å². The number of nitrogens with one attached hydrogen (secondary N) is 3. The standard InChI is InChI=1S/C14H17F2N3O2/c1-2-12(20)18-9-3-5-10(6-4-9)19-13(21)11-7-14(15,16)8-17-11/h3-6,11,17H,2,7-8H2,1H3,(H,18,20)(H,19,21). The van der Waals surface area contributed by atoms with E-state index >= 15 is 0 Å². The van der Waals surface area contributed by atoms with Gasteiger partial charge in [-0.2, -0.15) is 0 Å². The van der Waals surface area contributed by atoms with Crippen LogP contribution in [0, 0.1) is 0 Å². The molecule has 1 aromatic carbocycles. The molecule has 1 fully saturated rings. The van der Waals surface area contributed by atoms with Crippen LogP contribution in [-0.4, -0.2) is 30.3 Å². The van der Waals surface area contributed by atoms with Crippen molar-refractivity contribution in [2.24, 2.45) is 0 Å². The molecule has 0 spiro atoms. The minimum Gasteiger partial charge on any atom is -0.326 e. The van der Waals surface area contributed by atoms with Gasteiger partial charge in [-0.3, -0.25) is 14.9 Å². The van der Waals surface area contributed by atoms with E-state index in [0.29, 0.717) is 17.8 Å². The van der Waals surface area contributed by atoms with Gasteiger partial charge >= 0.3 is 0 Å². The highest BCUT2D eigenvalue weighted by Crippen LogP contribution is 2.25. The average molecular weight is 297 g/mol. The third-order valence-electron chi connectivity index (χ3n) is 3.18. The highest BCUT2D eigenvalue weighted by Gasteiger charge is 2.42. The van der Waals surface area contributed by atoms with E-state index in [1.54, 1.807) is 31.2 Å². The van der Waals surface area contributed by atoms with Gasteiger partial charge in [0, 0.05) is 24.2 Å². The molecule has 1 saturated heterocycles. The fourth-order valence-corrected chi connectivity index (χ4v) is 2.02. The summed E-state index contributed by atoms with van der Waals surface area (Å²) in [7, 11) is 0. The SMILES string of the molecule is CCC(=O)Nc1ccc(NC(=O)C2CC(F)(F)CN2)cc1. The van der Waals surface area contributed by atoms with Crippen molar-refractivity contribution in [3.05, 3.63) is 24.3 Å². The van der Waals surface area contributed by atoms with Crippen molar-refractivity contribution >= 4 is 23.2 Å². The van der Waals surface area contributed by atoms with Gasteiger partial charge in [0.15, 0.2) is 0 Å². The first kappa shape index (κ1) is 15.4. The number of alkyl halides is 2. The highest BCUT2D eigenvalue weighted by molar-refractivity contribution is 5.95. The molecule has 7 heteroatoms. The van der Waals surface area contributed by atoms with Gasteiger partial charge in [-0.1, -0.05) is 6.92 Å². The molecule has 0 aliphatic carbocycles. The summed E-state index contributed by atoms with van der Waals surface area (Å²) in [6, 6.07) is 5.60. The van der Waals surface area contributed by atoms with Crippen molar-refractivity contribution in [1.82, 2.24) is 5.32 Å². The van der Waals surface area contributed by atoms with Gasteiger partial charge in [-0.05, 0) is 24.3 Å². The van der Waals surface area contributed by atoms with E-state index in [-0.39, 0.29) is 5.91 Å². The maximum absolute atomic E-state index is 13.0. The first-order valence-corrected chi connectivity index (χ1v) is 6.71. The quantitative estimate of drug-likeness (QED) is 0.796. The minimum absolute atomic E-state index is 0.107. The van der Waals surface area contributed by atoms with E-state index in [2.05, 4.69) is 16.0 Å². The van der Waals surface area contributed by atoms with E-state index in [4.69, 9.17) is 0 Å². The minimum atomic E-state index is -2.84. The van der Waals surface area contributed by atoms with Gasteiger partial charge in [-0.15, -0.1) is 0 Å². The molecule has 2 amide bonds. The topological polar surface area (TPSA) is 70.2 Å². The van der Waals surface area contributed by atoms with Crippen LogP contribution in [0.1, 0.15) is 19.8 Å². The molecule has 1 heterocycles. The maximum atomic E-state index is 13.0. The molecular formula is C14H17F2N3O2. The molecule has 5 nitrogen and oxygen atoms in total. The Morgan fingerprint density at radius 3 is 2.29 bits per heavy atom. The second kappa shape index (κ2) is 6.17. The molecule has 1 unspecified atom stereocenters. The first-order chi connectivity index (χ1) is 9.89. The molecule has 0 aromatic heterocycles. The number of amides is 2. The van der Waals surface area contributed by atoms with Gasteiger partial charge in [0.25, 0.3) is 5.92 Å². The van der Waals surface area contributed by atoms with Crippen LogP contribution in [0.4, 0.5) is 20.2 Å². The molecule has 114 valence electrons. The number of benzene rings is 1. The molecule has 21 heavy (non-hydrogen) atoms. The Bertz CT molecular complexity index is 532. The molecule has 1 aromatic rings. The van der Waals surface area contributed by atoms with Crippen LogP contribution in [0.5, 0.6) is 0 Å². The summed E-state index contributed by atoms with van der Waals surface area (Å²) in [5.74, 6) is -3.43. The third kappa shape index (κ3) is 4.22. The Labute approximate surface area is 121 Å². The second-order valence-electron chi connectivity index (χ2n) is 4.96. The lowest BCUT2D eigenvalue weighted by molar-refractivity contribution is -0.118. The number of carbonyl (C=O) groups is 2. The molecule has 1 aliphatic rings. The van der Waals surface area contributed by atoms with E-state index in [9.17, 15) is 18.4 Å². The van der Waals surface area contributed by atoms with Gasteiger partial charge in [0.1, 0.15) is 0 Å². The van der Waals surface area contributed by atoms with E-state index in [0.717, 1.165) is 0 Å². The fourth-order valence-electron chi connectivity index (χ4n) is 2.02. The Morgan fingerprint density at radius 1 is 1.24 bits per heavy atom. The number of halogens is 2. The molecule has 2 rings (SSSR count). The van der Waals surface area contributed by atoms with Crippen LogP contribution >= 0.6 is 0 Å². The molecule has 1 atom stereocenters. The average Bonchev–Trinajstić information content (AvgIpc) is 2.81. The summed E-state index contributed by atoms with van der Waals surface area (Å²) < 4.78 is 26.0. The largest absolute Gasteiger partial charge is 0.326 e. The number of anilines is 2. The van der Waals surface area contributed by atoms with Gasteiger partial charge in [0.05, 0.1) is 12.6 Å². The Hall–Kier alpha value is -2.02. The van der Waals surface area contributed by atoms with Crippen molar-refractivity contribution in [3.8, 4) is 0 Å². The second-order valence-corrected chi connectivity index (χ2v) is 4.96. The highest BCUT2D eigenvalue weighted by atomic mass is 19.3. The number of rotatable bonds is 4. The molecule has 0 radical (unpaired) electrons. The van der Waals surface area contributed by atoms with Crippen LogP contribution in [0.3, 0.4) is 0 Å². The van der Waals surface area contributed by atoms with Gasteiger partial charge in [0.2, 0.25) is 11.8 Å². The zero-order valence-electron chi connectivity index (χ0n) is 11.6. The van der Waals surface area contributed by atoms with Crippen molar-refractivity contribution < 1.29 is 18.4 Å². The number of carbonyl (C=O) groups excluding carboxylic acids is 2. The maximum Gasteiger partial charge on any atom is 0.262 e. The molecular weight excluding hydrogens is 280 g/mol. The summed E-state index contributed by atoms with van der Waals surface area (Å²) in [5, 5.41) is 7.74. The zero-order valence-corrected chi connectivity index (χ0v) is 11.6. The monoisotopic (exact) mass is 297 g/mol. The van der Waals surface area contributed by atoms with Crippen LogP contribution in [-0.2, 0) is 9.59 Å². The number of hydrogen-bond acceptors (Lipinski definition) is 3. The Kier molecular flexibility index (Phi) is 4.52. The summed E-state index contributed by atoms with van der Waals surface area (Å²) >= 11 is 0. The Balaban J connectivity index is 1.91. The lowest BCUT2D eigenvalue weighted by Gasteiger charge is -2.12. The normalized spacial score (nSPS) is 20.0. The summed E-state index contributed by atoms with van der Waals surface area (Å²) in [5.41, 5.74) is 1.11. The number of hydrogen-bond donors (Lipinski definition) is 3. The molecule has 3 N–H and O–H groups in total. The van der Waals surface area contributed by atoms with Crippen molar-refractivity contribution in [2.45, 2.75) is 31.7 Å². The van der Waals surface area contributed by atoms with Crippen molar-refractivity contribution in [3.63, 3.8) is 0 Å². The predicted molar refractivity (Wildman–Crippen MR) is 75.3 cm³/mol. The van der Waals surface area contributed by atoms with Crippen LogP contribution in [0.15, 0.2) is 24.3 Å². The summed E-state index contributed by atoms with van der Waals surface area (Å²) in [4.78, 5) is 23.1. The van der Waals surface area contributed by atoms with Crippen LogP contribution in [0.25, 0.3) is 0 Å². The summed E-state index contributed by atoms with van der Waals surface area (Å²) in [6.45, 7) is 1.27. The molecule has 0 bridgehead atoms. The van der Waals surface area contributed by atoms with Crippen LogP contribution < -0.4 is 16.0 Å². The van der Waals surface area contributed by atoms with E-state index in [1.807, 2.05) is 0 Å². The van der Waals surface area contributed by atoms with Crippen molar-refractivity contribution in [1.29, 1.82) is 0 Å². The fraction of sp³-hybridized carbons (Fsp3) is 0.429. The Morgan fingerprint density at radius 2 is 1.81 bits per heavy atom. The van der Waals surface area contributed by atoms with E-state index < -0.39 is 30.8 Å². The zero-order chi connectivity index (χ0) is 15.5. The molecule has 0 saturated carbocycles. The smallest absolute Gasteiger partial charge is 0.262 e. The predicted octanol–water partition coefficient (Wildman–Crippen LogP) is 1.97. The lowest BCUT2D eigenvalue weighted by Crippen LogP contribution is -2.35. The van der Waals surface area contributed by atoms with Crippen LogP contribution in [0.2, 0.25) is 0 Å². The molecule has 1 aliphatic heterocycles. The van der Waals surface area contributed by atoms with Gasteiger partial charge in [-0.25, -0.2) is 8.78 Å². The van der Waals surface area contributed by atoms with Gasteiger partial charge < -0.3 is 10.6 Å². The lowest BCUT2D eigenvalue weighted by atomic mass is 10.2.